The molecule has 1 aliphatic rings. The zero-order valence-corrected chi connectivity index (χ0v) is 17.7. The first-order chi connectivity index (χ1) is 14.7. The second-order valence-electron chi connectivity index (χ2n) is 7.71. The number of carbonyl (C=O) groups excluding carboxylic acids is 2. The van der Waals surface area contributed by atoms with Crippen molar-refractivity contribution in [1.29, 1.82) is 0 Å². The summed E-state index contributed by atoms with van der Waals surface area (Å²) in [6.45, 7) is 1.26. The average molecular weight is 419 g/mol. The number of likely N-dealkylation sites (tertiary alicyclic amines) is 1. The van der Waals surface area contributed by atoms with Crippen LogP contribution in [0.3, 0.4) is 0 Å². The Balaban J connectivity index is 1.39. The van der Waals surface area contributed by atoms with Crippen LogP contribution in [0.2, 0.25) is 0 Å². The second-order valence-corrected chi connectivity index (χ2v) is 8.65. The van der Waals surface area contributed by atoms with Crippen molar-refractivity contribution in [3.8, 4) is 0 Å². The summed E-state index contributed by atoms with van der Waals surface area (Å²) in [4.78, 5) is 28.2. The molecule has 1 atom stereocenters. The van der Waals surface area contributed by atoms with E-state index in [0.717, 1.165) is 16.9 Å². The number of benzene rings is 2. The molecule has 2 aromatic carbocycles. The van der Waals surface area contributed by atoms with Crippen molar-refractivity contribution >= 4 is 23.2 Å². The van der Waals surface area contributed by atoms with Gasteiger partial charge in [-0.2, -0.15) is 0 Å². The minimum absolute atomic E-state index is 0.0561. The molecule has 0 aliphatic carbocycles. The lowest BCUT2D eigenvalue weighted by atomic mass is 9.93. The molecule has 5 heteroatoms. The molecule has 1 aromatic heterocycles. The lowest BCUT2D eigenvalue weighted by Crippen LogP contribution is -2.43. The predicted molar refractivity (Wildman–Crippen MR) is 120 cm³/mol. The molecule has 1 N–H and O–H groups in total. The summed E-state index contributed by atoms with van der Waals surface area (Å²) in [6.07, 6.45) is 2.16. The standard InChI is InChI=1S/C25H26N2O2S/c28-24(21-13-15-27(16-14-21)25(29)23-12-7-17-30-23)26-22(20-10-5-2-6-11-20)18-19-8-3-1-4-9-19/h1-12,17,21-22H,13-16,18H2,(H,26,28). The average Bonchev–Trinajstić information content (AvgIpc) is 3.34. The fourth-order valence-corrected chi connectivity index (χ4v) is 4.67. The molecule has 2 amide bonds. The number of thiophene rings is 1. The Bertz CT molecular complexity index is 949. The molecule has 4 rings (SSSR count). The maximum atomic E-state index is 13.1. The fourth-order valence-electron chi connectivity index (χ4n) is 3.98. The molecule has 1 saturated heterocycles. The number of hydrogen-bond acceptors (Lipinski definition) is 3. The van der Waals surface area contributed by atoms with Crippen LogP contribution in [0, 0.1) is 5.92 Å². The molecule has 0 saturated carbocycles. The summed E-state index contributed by atoms with van der Waals surface area (Å²) in [5.74, 6) is 0.109. The summed E-state index contributed by atoms with van der Waals surface area (Å²) < 4.78 is 0. The maximum Gasteiger partial charge on any atom is 0.263 e. The molecule has 0 spiro atoms. The minimum Gasteiger partial charge on any atom is -0.349 e. The summed E-state index contributed by atoms with van der Waals surface area (Å²) >= 11 is 1.47. The highest BCUT2D eigenvalue weighted by Gasteiger charge is 2.29. The third-order valence-electron chi connectivity index (χ3n) is 5.69. The van der Waals surface area contributed by atoms with Gasteiger partial charge < -0.3 is 10.2 Å². The highest BCUT2D eigenvalue weighted by atomic mass is 32.1. The Labute approximate surface area is 181 Å². The smallest absolute Gasteiger partial charge is 0.263 e. The van der Waals surface area contributed by atoms with Crippen LogP contribution >= 0.6 is 11.3 Å². The monoisotopic (exact) mass is 418 g/mol. The molecule has 4 nitrogen and oxygen atoms in total. The lowest BCUT2D eigenvalue weighted by molar-refractivity contribution is -0.127. The van der Waals surface area contributed by atoms with E-state index in [4.69, 9.17) is 0 Å². The van der Waals surface area contributed by atoms with Crippen molar-refractivity contribution in [2.75, 3.05) is 13.1 Å². The van der Waals surface area contributed by atoms with E-state index in [1.54, 1.807) is 0 Å². The van der Waals surface area contributed by atoms with E-state index in [1.165, 1.54) is 16.9 Å². The summed E-state index contributed by atoms with van der Waals surface area (Å²) in [5.41, 5.74) is 2.31. The van der Waals surface area contributed by atoms with Crippen LogP contribution in [-0.2, 0) is 11.2 Å². The van der Waals surface area contributed by atoms with Crippen LogP contribution in [0.25, 0.3) is 0 Å². The van der Waals surface area contributed by atoms with Crippen molar-refractivity contribution in [3.05, 3.63) is 94.2 Å². The molecule has 1 aliphatic heterocycles. The van der Waals surface area contributed by atoms with Gasteiger partial charge >= 0.3 is 0 Å². The highest BCUT2D eigenvalue weighted by Crippen LogP contribution is 2.24. The highest BCUT2D eigenvalue weighted by molar-refractivity contribution is 7.12. The quantitative estimate of drug-likeness (QED) is 0.631. The normalized spacial score (nSPS) is 15.5. The van der Waals surface area contributed by atoms with Crippen LogP contribution in [0.4, 0.5) is 0 Å². The topological polar surface area (TPSA) is 49.4 Å². The third-order valence-corrected chi connectivity index (χ3v) is 6.54. The molecule has 0 radical (unpaired) electrons. The van der Waals surface area contributed by atoms with Gasteiger partial charge in [-0.3, -0.25) is 9.59 Å². The summed E-state index contributed by atoms with van der Waals surface area (Å²) in [6, 6.07) is 24.1. The second kappa shape index (κ2) is 9.72. The van der Waals surface area contributed by atoms with Gasteiger partial charge in [0.2, 0.25) is 5.91 Å². The van der Waals surface area contributed by atoms with Gasteiger partial charge in [0.1, 0.15) is 0 Å². The number of nitrogens with one attached hydrogen (secondary N) is 1. The van der Waals surface area contributed by atoms with E-state index in [1.807, 2.05) is 58.8 Å². The van der Waals surface area contributed by atoms with Crippen molar-refractivity contribution in [1.82, 2.24) is 10.2 Å². The molecular weight excluding hydrogens is 392 g/mol. The van der Waals surface area contributed by atoms with Crippen LogP contribution in [0.5, 0.6) is 0 Å². The Morgan fingerprint density at radius 2 is 1.60 bits per heavy atom. The van der Waals surface area contributed by atoms with E-state index >= 15 is 0 Å². The van der Waals surface area contributed by atoms with Gasteiger partial charge in [0.25, 0.3) is 5.91 Å². The number of piperidine rings is 1. The number of amides is 2. The molecule has 0 bridgehead atoms. The van der Waals surface area contributed by atoms with Crippen molar-refractivity contribution in [2.24, 2.45) is 5.92 Å². The van der Waals surface area contributed by atoms with Gasteiger partial charge in [-0.15, -0.1) is 11.3 Å². The Morgan fingerprint density at radius 3 is 2.23 bits per heavy atom. The molecule has 1 fully saturated rings. The first kappa shape index (κ1) is 20.4. The number of hydrogen-bond donors (Lipinski definition) is 1. The van der Waals surface area contributed by atoms with Crippen molar-refractivity contribution < 1.29 is 9.59 Å². The first-order valence-electron chi connectivity index (χ1n) is 10.4. The first-order valence-corrected chi connectivity index (χ1v) is 11.3. The van der Waals surface area contributed by atoms with Crippen LogP contribution in [0.15, 0.2) is 78.2 Å². The van der Waals surface area contributed by atoms with Crippen LogP contribution in [0.1, 0.15) is 39.7 Å². The third kappa shape index (κ3) is 4.97. The predicted octanol–water partition coefficient (Wildman–Crippen LogP) is 4.70. The molecule has 30 heavy (non-hydrogen) atoms. The zero-order valence-electron chi connectivity index (χ0n) is 16.9. The lowest BCUT2D eigenvalue weighted by Gasteiger charge is -2.32. The number of rotatable bonds is 6. The Hall–Kier alpha value is -2.92. The molecule has 2 heterocycles. The van der Waals surface area contributed by atoms with E-state index in [-0.39, 0.29) is 23.8 Å². The van der Waals surface area contributed by atoms with E-state index < -0.39 is 0 Å². The van der Waals surface area contributed by atoms with E-state index in [9.17, 15) is 9.59 Å². The number of carbonyl (C=O) groups is 2. The van der Waals surface area contributed by atoms with E-state index in [2.05, 4.69) is 29.6 Å². The van der Waals surface area contributed by atoms with Crippen molar-refractivity contribution in [2.45, 2.75) is 25.3 Å². The van der Waals surface area contributed by atoms with Crippen LogP contribution < -0.4 is 5.32 Å². The Kier molecular flexibility index (Phi) is 6.60. The summed E-state index contributed by atoms with van der Waals surface area (Å²) in [7, 11) is 0. The van der Waals surface area contributed by atoms with Gasteiger partial charge in [0.15, 0.2) is 0 Å². The largest absolute Gasteiger partial charge is 0.349 e. The van der Waals surface area contributed by atoms with Crippen LogP contribution in [-0.4, -0.2) is 29.8 Å². The number of nitrogens with zero attached hydrogens (tertiary/aromatic N) is 1. The zero-order chi connectivity index (χ0) is 20.8. The molecular formula is C25H26N2O2S. The minimum atomic E-state index is -0.0631. The summed E-state index contributed by atoms with van der Waals surface area (Å²) in [5, 5.41) is 5.20. The van der Waals surface area contributed by atoms with Gasteiger partial charge in [-0.25, -0.2) is 0 Å². The van der Waals surface area contributed by atoms with Gasteiger partial charge in [-0.1, -0.05) is 66.7 Å². The molecule has 154 valence electrons. The molecule has 1 unspecified atom stereocenters. The van der Waals surface area contributed by atoms with Gasteiger partial charge in [0, 0.05) is 19.0 Å². The fraction of sp³-hybridized carbons (Fsp3) is 0.280. The Morgan fingerprint density at radius 1 is 0.933 bits per heavy atom. The van der Waals surface area contributed by atoms with Gasteiger partial charge in [0.05, 0.1) is 10.9 Å². The van der Waals surface area contributed by atoms with E-state index in [0.29, 0.717) is 25.9 Å². The maximum absolute atomic E-state index is 13.1. The SMILES string of the molecule is O=C(NC(Cc1ccccc1)c1ccccc1)C1CCN(C(=O)c2cccs2)CC1. The molecule has 3 aromatic rings. The van der Waals surface area contributed by atoms with Gasteiger partial charge in [-0.05, 0) is 41.8 Å². The van der Waals surface area contributed by atoms with Crippen molar-refractivity contribution in [3.63, 3.8) is 0 Å².